The maximum atomic E-state index is 13.6. The molecule has 164 valence electrons. The summed E-state index contributed by atoms with van der Waals surface area (Å²) in [4.78, 5) is 13.2. The zero-order valence-corrected chi connectivity index (χ0v) is 19.1. The predicted octanol–water partition coefficient (Wildman–Crippen LogP) is 5.26. The molecular weight excluding hydrogens is 408 g/mol. The largest absolute Gasteiger partial charge is 0.611 e. The van der Waals surface area contributed by atoms with Crippen molar-refractivity contribution in [1.29, 1.82) is 0 Å². The molecule has 5 heteroatoms. The molecule has 0 amide bonds. The fourth-order valence-electron chi connectivity index (χ4n) is 6.78. The summed E-state index contributed by atoms with van der Waals surface area (Å²) in [5.41, 5.74) is 2.79. The Morgan fingerprint density at radius 1 is 1.00 bits per heavy atom. The molecule has 0 aliphatic heterocycles. The van der Waals surface area contributed by atoms with Crippen LogP contribution in [0.4, 0.5) is 0 Å². The average Bonchev–Trinajstić information content (AvgIpc) is 2.77. The number of carbonyl (C=O) groups is 1. The fourth-order valence-corrected chi connectivity index (χ4v) is 8.17. The van der Waals surface area contributed by atoms with Gasteiger partial charge in [0.25, 0.3) is 0 Å². The topological polar surface area (TPSA) is 58.6 Å². The van der Waals surface area contributed by atoms with E-state index >= 15 is 0 Å². The molecule has 31 heavy (non-hydrogen) atoms. The van der Waals surface area contributed by atoms with Crippen LogP contribution in [-0.2, 0) is 27.1 Å². The molecule has 2 aromatic rings. The molecule has 1 unspecified atom stereocenters. The van der Waals surface area contributed by atoms with E-state index in [1.165, 1.54) is 26.4 Å². The molecule has 4 saturated carbocycles. The summed E-state index contributed by atoms with van der Waals surface area (Å²) in [6.07, 6.45) is 7.53. The Labute approximate surface area is 187 Å². The summed E-state index contributed by atoms with van der Waals surface area (Å²) in [6.45, 7) is 0. The minimum absolute atomic E-state index is 0.0592. The molecular formula is C26H30O4S. The molecule has 0 aromatic heterocycles. The van der Waals surface area contributed by atoms with Crippen molar-refractivity contribution < 1.29 is 18.8 Å². The highest BCUT2D eigenvalue weighted by atomic mass is 32.2. The van der Waals surface area contributed by atoms with Crippen molar-refractivity contribution in [2.24, 2.45) is 17.8 Å². The highest BCUT2D eigenvalue weighted by molar-refractivity contribution is 7.90. The van der Waals surface area contributed by atoms with E-state index in [0.717, 1.165) is 58.8 Å². The minimum Gasteiger partial charge on any atom is -0.611 e. The minimum atomic E-state index is -1.18. The quantitative estimate of drug-likeness (QED) is 0.456. The van der Waals surface area contributed by atoms with Gasteiger partial charge in [-0.25, -0.2) is 4.79 Å². The normalized spacial score (nSPS) is 29.6. The van der Waals surface area contributed by atoms with Crippen LogP contribution in [0.1, 0.15) is 60.0 Å². The van der Waals surface area contributed by atoms with Crippen LogP contribution in [0.5, 0.6) is 5.75 Å². The molecule has 4 aliphatic rings. The van der Waals surface area contributed by atoms with E-state index in [1.54, 1.807) is 13.2 Å². The second-order valence-corrected chi connectivity index (χ2v) is 11.2. The van der Waals surface area contributed by atoms with Crippen molar-refractivity contribution in [1.82, 2.24) is 0 Å². The van der Waals surface area contributed by atoms with Gasteiger partial charge in [0, 0.05) is 16.5 Å². The standard InChI is InChI=1S/C26H30O4S/c1-29-22-6-3-17(4-7-22)16-31(28)24-8-5-21(25(27)30-2)12-23(24)26-13-18-9-19(14-26)11-20(10-18)15-26/h3-8,12,18-20H,9-11,13-16H2,1-2H3. The number of esters is 1. The number of rotatable bonds is 6. The third-order valence-corrected chi connectivity index (χ3v) is 9.15. The van der Waals surface area contributed by atoms with Crippen LogP contribution >= 0.6 is 0 Å². The SMILES string of the molecule is COC(=O)c1ccc([S+]([O-])Cc2ccc(OC)cc2)c(C23CC4CC(CC(C4)C2)C3)c1. The molecule has 4 nitrogen and oxygen atoms in total. The van der Waals surface area contributed by atoms with Crippen LogP contribution in [0.25, 0.3) is 0 Å². The highest BCUT2D eigenvalue weighted by Gasteiger charge is 2.53. The predicted molar refractivity (Wildman–Crippen MR) is 121 cm³/mol. The Morgan fingerprint density at radius 3 is 2.16 bits per heavy atom. The monoisotopic (exact) mass is 438 g/mol. The first-order valence-corrected chi connectivity index (χ1v) is 12.6. The van der Waals surface area contributed by atoms with Gasteiger partial charge in [-0.05, 0) is 97.8 Å². The summed E-state index contributed by atoms with van der Waals surface area (Å²) in [7, 11) is 3.07. The van der Waals surface area contributed by atoms with E-state index < -0.39 is 11.2 Å². The van der Waals surface area contributed by atoms with Crippen molar-refractivity contribution in [2.45, 2.75) is 54.6 Å². The number of benzene rings is 2. The molecule has 0 N–H and O–H groups in total. The first-order valence-electron chi connectivity index (χ1n) is 11.2. The van der Waals surface area contributed by atoms with Crippen molar-refractivity contribution in [3.05, 3.63) is 59.2 Å². The van der Waals surface area contributed by atoms with Crippen LogP contribution in [0.15, 0.2) is 47.4 Å². The number of hydrogen-bond donors (Lipinski definition) is 0. The Balaban J connectivity index is 1.51. The average molecular weight is 439 g/mol. The van der Waals surface area contributed by atoms with Gasteiger partial charge >= 0.3 is 5.97 Å². The van der Waals surface area contributed by atoms with E-state index in [4.69, 9.17) is 9.47 Å². The zero-order chi connectivity index (χ0) is 21.6. The van der Waals surface area contributed by atoms with Crippen molar-refractivity contribution in [3.63, 3.8) is 0 Å². The Bertz CT molecular complexity index is 933. The first kappa shape index (κ1) is 20.9. The molecule has 2 aromatic carbocycles. The lowest BCUT2D eigenvalue weighted by Gasteiger charge is -2.57. The maximum absolute atomic E-state index is 13.6. The summed E-state index contributed by atoms with van der Waals surface area (Å²) in [5.74, 6) is 3.26. The molecule has 4 aliphatic carbocycles. The van der Waals surface area contributed by atoms with E-state index in [1.807, 2.05) is 36.4 Å². The maximum Gasteiger partial charge on any atom is 0.337 e. The summed E-state index contributed by atoms with van der Waals surface area (Å²) < 4.78 is 23.8. The number of hydrogen-bond acceptors (Lipinski definition) is 4. The Kier molecular flexibility index (Phi) is 5.51. The summed E-state index contributed by atoms with van der Waals surface area (Å²) >= 11 is -1.18. The van der Waals surface area contributed by atoms with Crippen molar-refractivity contribution >= 4 is 17.1 Å². The van der Waals surface area contributed by atoms with Gasteiger partial charge in [-0.15, -0.1) is 0 Å². The fraction of sp³-hybridized carbons (Fsp3) is 0.500. The van der Waals surface area contributed by atoms with Gasteiger partial charge in [-0.3, -0.25) is 0 Å². The molecule has 0 spiro atoms. The van der Waals surface area contributed by atoms with Crippen molar-refractivity contribution in [2.75, 3.05) is 14.2 Å². The van der Waals surface area contributed by atoms with E-state index in [2.05, 4.69) is 0 Å². The van der Waals surface area contributed by atoms with Crippen molar-refractivity contribution in [3.8, 4) is 5.75 Å². The van der Waals surface area contributed by atoms with Crippen LogP contribution < -0.4 is 4.74 Å². The third-order valence-electron chi connectivity index (χ3n) is 7.71. The molecule has 1 atom stereocenters. The van der Waals surface area contributed by atoms with Gasteiger partial charge < -0.3 is 14.0 Å². The van der Waals surface area contributed by atoms with Crippen LogP contribution in [0.2, 0.25) is 0 Å². The lowest BCUT2D eigenvalue weighted by Crippen LogP contribution is -2.49. The molecule has 4 bridgehead atoms. The lowest BCUT2D eigenvalue weighted by atomic mass is 9.48. The second-order valence-electron chi connectivity index (χ2n) is 9.74. The highest BCUT2D eigenvalue weighted by Crippen LogP contribution is 2.61. The first-order chi connectivity index (χ1) is 15.0. The Hall–Kier alpha value is -1.98. The van der Waals surface area contributed by atoms with E-state index in [0.29, 0.717) is 11.3 Å². The molecule has 4 fully saturated rings. The molecule has 6 rings (SSSR count). The summed E-state index contributed by atoms with van der Waals surface area (Å²) in [6, 6.07) is 13.5. The van der Waals surface area contributed by atoms with Gasteiger partial charge in [0.15, 0.2) is 4.90 Å². The van der Waals surface area contributed by atoms with Gasteiger partial charge in [-0.1, -0.05) is 12.1 Å². The van der Waals surface area contributed by atoms with Gasteiger partial charge in [-0.2, -0.15) is 0 Å². The number of carbonyl (C=O) groups excluding carboxylic acids is 1. The van der Waals surface area contributed by atoms with Gasteiger partial charge in [0.1, 0.15) is 11.5 Å². The lowest BCUT2D eigenvalue weighted by molar-refractivity contribution is -0.00651. The zero-order valence-electron chi connectivity index (χ0n) is 18.3. The molecule has 0 heterocycles. The van der Waals surface area contributed by atoms with Crippen LogP contribution in [0.3, 0.4) is 0 Å². The summed E-state index contributed by atoms with van der Waals surface area (Å²) in [5, 5.41) is 0. The van der Waals surface area contributed by atoms with Gasteiger partial charge in [0.05, 0.1) is 19.8 Å². The molecule has 0 radical (unpaired) electrons. The third kappa shape index (κ3) is 3.87. The number of methoxy groups -OCH3 is 2. The van der Waals surface area contributed by atoms with E-state index in [9.17, 15) is 9.35 Å². The van der Waals surface area contributed by atoms with Crippen LogP contribution in [0, 0.1) is 17.8 Å². The van der Waals surface area contributed by atoms with E-state index in [-0.39, 0.29) is 11.4 Å². The van der Waals surface area contributed by atoms with Gasteiger partial charge in [0.2, 0.25) is 0 Å². The molecule has 0 saturated heterocycles. The Morgan fingerprint density at radius 2 is 1.61 bits per heavy atom. The second kappa shape index (κ2) is 8.18. The smallest absolute Gasteiger partial charge is 0.337 e. The van der Waals surface area contributed by atoms with Crippen LogP contribution in [-0.4, -0.2) is 24.7 Å². The number of ether oxygens (including phenoxy) is 2.